The number of fused-ring (bicyclic) bond motifs is 1. The molecular weight excluding hydrogens is 398 g/mol. The Morgan fingerprint density at radius 2 is 2.03 bits per heavy atom. The highest BCUT2D eigenvalue weighted by molar-refractivity contribution is 5.82. The van der Waals surface area contributed by atoms with E-state index in [-0.39, 0.29) is 29.1 Å². The maximum atomic E-state index is 12.1. The van der Waals surface area contributed by atoms with Crippen LogP contribution in [0.15, 0.2) is 18.2 Å². The lowest BCUT2D eigenvalue weighted by Crippen LogP contribution is -2.54. The Balaban J connectivity index is 1.39. The van der Waals surface area contributed by atoms with Crippen molar-refractivity contribution < 1.29 is 19.2 Å². The molecular formula is C23H33N3O5. The fourth-order valence-electron chi connectivity index (χ4n) is 5.10. The summed E-state index contributed by atoms with van der Waals surface area (Å²) in [4.78, 5) is 33.4. The molecule has 1 amide bonds. The molecule has 1 saturated carbocycles. The van der Waals surface area contributed by atoms with Crippen molar-refractivity contribution in [1.29, 1.82) is 0 Å². The number of amides is 1. The third-order valence-corrected chi connectivity index (χ3v) is 6.79. The van der Waals surface area contributed by atoms with Crippen molar-refractivity contribution >= 4 is 17.9 Å². The molecule has 2 aliphatic rings. The fraction of sp³-hybridized carbons (Fsp3) is 0.652. The van der Waals surface area contributed by atoms with Gasteiger partial charge >= 0.3 is 0 Å². The molecule has 8 nitrogen and oxygen atoms in total. The van der Waals surface area contributed by atoms with E-state index in [0.717, 1.165) is 38.0 Å². The number of nitrogens with zero attached hydrogens (tertiary/aromatic N) is 1. The Hall–Kier alpha value is -2.48. The summed E-state index contributed by atoms with van der Waals surface area (Å²) in [6.45, 7) is 0.447. The zero-order chi connectivity index (χ0) is 22.2. The van der Waals surface area contributed by atoms with Crippen molar-refractivity contribution in [2.24, 2.45) is 17.6 Å². The highest BCUT2D eigenvalue weighted by Crippen LogP contribution is 2.34. The van der Waals surface area contributed by atoms with Crippen molar-refractivity contribution in [1.82, 2.24) is 5.32 Å². The number of nitro benzene ring substituents is 1. The maximum absolute atomic E-state index is 12.1. The first-order chi connectivity index (χ1) is 15.0. The zero-order valence-electron chi connectivity index (χ0n) is 18.0. The molecule has 0 spiro atoms. The number of rotatable bonds is 11. The summed E-state index contributed by atoms with van der Waals surface area (Å²) in [6, 6.07) is 4.91. The molecule has 4 atom stereocenters. The minimum Gasteiger partial charge on any atom is -0.494 e. The third-order valence-electron chi connectivity index (χ3n) is 6.79. The predicted octanol–water partition coefficient (Wildman–Crippen LogP) is 3.76. The second kappa shape index (κ2) is 11.2. The van der Waals surface area contributed by atoms with Gasteiger partial charge in [-0.3, -0.25) is 19.7 Å². The van der Waals surface area contributed by atoms with Crippen LogP contribution in [0.1, 0.15) is 74.6 Å². The van der Waals surface area contributed by atoms with E-state index in [1.807, 2.05) is 0 Å². The first kappa shape index (κ1) is 23.2. The SMILES string of the molecule is NC(=O)C(CCCCCOc1ccc([N+](=O)[O-])c(C=O)c1)C1CCC2CCCCC2N1. The van der Waals surface area contributed by atoms with Crippen LogP contribution < -0.4 is 15.8 Å². The van der Waals surface area contributed by atoms with E-state index < -0.39 is 4.92 Å². The number of nitrogens with two attached hydrogens (primary N) is 1. The van der Waals surface area contributed by atoms with Crippen LogP contribution in [0.25, 0.3) is 0 Å². The van der Waals surface area contributed by atoms with Crippen molar-refractivity contribution in [2.75, 3.05) is 6.61 Å². The average molecular weight is 432 g/mol. The molecule has 3 N–H and O–H groups in total. The Kier molecular flexibility index (Phi) is 8.40. The molecule has 170 valence electrons. The number of nitro groups is 1. The van der Waals surface area contributed by atoms with Crippen molar-refractivity contribution in [3.8, 4) is 5.75 Å². The van der Waals surface area contributed by atoms with Crippen molar-refractivity contribution in [3.63, 3.8) is 0 Å². The maximum Gasteiger partial charge on any atom is 0.280 e. The molecule has 0 aromatic heterocycles. The van der Waals surface area contributed by atoms with Gasteiger partial charge in [-0.05, 0) is 56.6 Å². The van der Waals surface area contributed by atoms with Gasteiger partial charge < -0.3 is 15.8 Å². The number of carbonyl (C=O) groups is 2. The highest BCUT2D eigenvalue weighted by Gasteiger charge is 2.36. The molecule has 4 unspecified atom stereocenters. The molecule has 31 heavy (non-hydrogen) atoms. The second-order valence-corrected chi connectivity index (χ2v) is 8.80. The quantitative estimate of drug-likeness (QED) is 0.238. The van der Waals surface area contributed by atoms with Crippen molar-refractivity contribution in [2.45, 2.75) is 76.3 Å². The molecule has 1 aromatic rings. The lowest BCUT2D eigenvalue weighted by atomic mass is 9.75. The summed E-state index contributed by atoms with van der Waals surface area (Å²) in [5.74, 6) is 0.856. The van der Waals surface area contributed by atoms with Gasteiger partial charge in [0.2, 0.25) is 5.91 Å². The summed E-state index contributed by atoms with van der Waals surface area (Å²) in [7, 11) is 0. The highest BCUT2D eigenvalue weighted by atomic mass is 16.6. The number of nitrogens with one attached hydrogen (secondary N) is 1. The third kappa shape index (κ3) is 6.26. The lowest BCUT2D eigenvalue weighted by molar-refractivity contribution is -0.385. The molecule has 1 saturated heterocycles. The number of hydrogen-bond acceptors (Lipinski definition) is 6. The van der Waals surface area contributed by atoms with Gasteiger partial charge in [-0.2, -0.15) is 0 Å². The normalized spacial score (nSPS) is 24.1. The standard InChI is InChI=1S/C23H33N3O5/c24-23(28)19(21-11-9-16-6-3-4-8-20(16)25-21)7-2-1-5-13-31-18-10-12-22(26(29)30)17(14-18)15-27/h10,12,14-16,19-21,25H,1-9,11,13H2,(H2,24,28). The Bertz CT molecular complexity index is 784. The average Bonchev–Trinajstić information content (AvgIpc) is 2.77. The van der Waals surface area contributed by atoms with Crippen LogP contribution in [-0.4, -0.2) is 35.8 Å². The molecule has 1 aliphatic heterocycles. The van der Waals surface area contributed by atoms with E-state index in [0.29, 0.717) is 24.7 Å². The van der Waals surface area contributed by atoms with Gasteiger partial charge in [-0.15, -0.1) is 0 Å². The summed E-state index contributed by atoms with van der Waals surface area (Å²) >= 11 is 0. The van der Waals surface area contributed by atoms with E-state index in [1.165, 1.54) is 50.3 Å². The first-order valence-electron chi connectivity index (χ1n) is 11.4. The number of aldehydes is 1. The predicted molar refractivity (Wildman–Crippen MR) is 117 cm³/mol. The molecule has 8 heteroatoms. The minimum absolute atomic E-state index is 0.00647. The monoisotopic (exact) mass is 431 g/mol. The second-order valence-electron chi connectivity index (χ2n) is 8.80. The minimum atomic E-state index is -0.585. The van der Waals surface area contributed by atoms with Gasteiger partial charge in [0.15, 0.2) is 6.29 Å². The van der Waals surface area contributed by atoms with Gasteiger partial charge in [0.05, 0.1) is 23.0 Å². The largest absolute Gasteiger partial charge is 0.494 e. The number of ether oxygens (including phenoxy) is 1. The number of benzene rings is 1. The van der Waals surface area contributed by atoms with Crippen LogP contribution in [0.3, 0.4) is 0 Å². The molecule has 0 radical (unpaired) electrons. The lowest BCUT2D eigenvalue weighted by Gasteiger charge is -2.42. The van der Waals surface area contributed by atoms with Crippen molar-refractivity contribution in [3.05, 3.63) is 33.9 Å². The summed E-state index contributed by atoms with van der Waals surface area (Å²) < 4.78 is 5.63. The fourth-order valence-corrected chi connectivity index (χ4v) is 5.10. The first-order valence-corrected chi connectivity index (χ1v) is 11.4. The summed E-state index contributed by atoms with van der Waals surface area (Å²) in [5, 5.41) is 14.6. The number of unbranched alkanes of at least 4 members (excludes halogenated alkanes) is 2. The molecule has 0 bridgehead atoms. The van der Waals surface area contributed by atoms with Crippen LogP contribution in [0.4, 0.5) is 5.69 Å². The Morgan fingerprint density at radius 3 is 2.77 bits per heavy atom. The van der Waals surface area contributed by atoms with Crippen LogP contribution in [0, 0.1) is 22.0 Å². The van der Waals surface area contributed by atoms with Gasteiger partial charge in [0.25, 0.3) is 5.69 Å². The molecule has 1 aromatic carbocycles. The number of hydrogen-bond donors (Lipinski definition) is 2. The van der Waals surface area contributed by atoms with Crippen LogP contribution in [0.2, 0.25) is 0 Å². The molecule has 2 fully saturated rings. The smallest absolute Gasteiger partial charge is 0.280 e. The van der Waals surface area contributed by atoms with E-state index in [4.69, 9.17) is 10.5 Å². The number of carbonyl (C=O) groups excluding carboxylic acids is 2. The molecule has 1 heterocycles. The Morgan fingerprint density at radius 1 is 1.23 bits per heavy atom. The van der Waals surface area contributed by atoms with Crippen LogP contribution >= 0.6 is 0 Å². The van der Waals surface area contributed by atoms with E-state index in [2.05, 4.69) is 5.32 Å². The topological polar surface area (TPSA) is 125 Å². The molecule has 1 aliphatic carbocycles. The summed E-state index contributed by atoms with van der Waals surface area (Å²) in [5.41, 5.74) is 5.51. The van der Waals surface area contributed by atoms with Gasteiger partial charge in [0.1, 0.15) is 5.75 Å². The van der Waals surface area contributed by atoms with Gasteiger partial charge in [0, 0.05) is 18.2 Å². The Labute approximate surface area is 183 Å². The van der Waals surface area contributed by atoms with E-state index in [1.54, 1.807) is 0 Å². The number of primary amides is 1. The van der Waals surface area contributed by atoms with E-state index >= 15 is 0 Å². The van der Waals surface area contributed by atoms with Crippen LogP contribution in [-0.2, 0) is 4.79 Å². The van der Waals surface area contributed by atoms with Gasteiger partial charge in [-0.25, -0.2) is 0 Å². The zero-order valence-corrected chi connectivity index (χ0v) is 18.0. The summed E-state index contributed by atoms with van der Waals surface area (Å²) in [6.07, 6.45) is 11.1. The van der Waals surface area contributed by atoms with E-state index in [9.17, 15) is 19.7 Å². The van der Waals surface area contributed by atoms with Gasteiger partial charge in [-0.1, -0.05) is 25.7 Å². The molecule has 3 rings (SSSR count). The number of piperidine rings is 1. The van der Waals surface area contributed by atoms with Crippen LogP contribution in [0.5, 0.6) is 5.75 Å².